The van der Waals surface area contributed by atoms with Gasteiger partial charge >= 0.3 is 0 Å². The number of carbonyl (C=O) groups is 1. The minimum Gasteiger partial charge on any atom is -0.493 e. The fourth-order valence-corrected chi connectivity index (χ4v) is 6.22. The SMILES string of the molecule is COc1ccc(S(=O)(=O)N(CC(=O)N/N=C\c2cc(C)n(-c3cccc(Br)c3)c2C)c2ccc(C)cc2)cc1OC. The Morgan fingerprint density at radius 2 is 1.68 bits per heavy atom. The monoisotopic (exact) mass is 638 g/mol. The molecule has 1 heterocycles. The Bertz CT molecular complexity index is 1700. The number of ether oxygens (including phenoxy) is 2. The van der Waals surface area contributed by atoms with Gasteiger partial charge in [0.25, 0.3) is 15.9 Å². The molecule has 0 aliphatic rings. The summed E-state index contributed by atoms with van der Waals surface area (Å²) >= 11 is 3.51. The second kappa shape index (κ2) is 12.6. The van der Waals surface area contributed by atoms with Gasteiger partial charge in [0.1, 0.15) is 6.54 Å². The minimum absolute atomic E-state index is 0.0491. The molecule has 0 saturated heterocycles. The number of benzene rings is 3. The highest BCUT2D eigenvalue weighted by molar-refractivity contribution is 9.10. The van der Waals surface area contributed by atoms with Crippen LogP contribution in [0.15, 0.2) is 87.3 Å². The predicted octanol–water partition coefficient (Wildman–Crippen LogP) is 5.53. The summed E-state index contributed by atoms with van der Waals surface area (Å²) in [6.45, 7) is 5.36. The van der Waals surface area contributed by atoms with Crippen LogP contribution in [0.4, 0.5) is 5.69 Å². The molecular formula is C30H31BrN4O5S. The number of hydrogen-bond donors (Lipinski definition) is 1. The van der Waals surface area contributed by atoms with Gasteiger partial charge in [-0.1, -0.05) is 39.7 Å². The summed E-state index contributed by atoms with van der Waals surface area (Å²) in [5, 5.41) is 4.13. The number of sulfonamides is 1. The van der Waals surface area contributed by atoms with Gasteiger partial charge in [-0.2, -0.15) is 5.10 Å². The van der Waals surface area contributed by atoms with E-state index in [-0.39, 0.29) is 10.6 Å². The topological polar surface area (TPSA) is 102 Å². The molecule has 1 amide bonds. The van der Waals surface area contributed by atoms with E-state index in [9.17, 15) is 13.2 Å². The van der Waals surface area contributed by atoms with Crippen molar-refractivity contribution in [3.05, 3.63) is 99.8 Å². The number of hydrogen-bond acceptors (Lipinski definition) is 6. The van der Waals surface area contributed by atoms with Gasteiger partial charge in [0.15, 0.2) is 11.5 Å². The van der Waals surface area contributed by atoms with Crippen molar-refractivity contribution in [2.75, 3.05) is 25.1 Å². The van der Waals surface area contributed by atoms with Crippen LogP contribution in [0.5, 0.6) is 11.5 Å². The Labute approximate surface area is 248 Å². The third-order valence-electron chi connectivity index (χ3n) is 6.48. The van der Waals surface area contributed by atoms with Gasteiger partial charge in [-0.15, -0.1) is 0 Å². The lowest BCUT2D eigenvalue weighted by atomic mass is 10.2. The molecule has 3 aromatic carbocycles. The minimum atomic E-state index is -4.16. The van der Waals surface area contributed by atoms with Crippen LogP contribution in [-0.4, -0.2) is 45.9 Å². The van der Waals surface area contributed by atoms with Crippen LogP contribution in [0, 0.1) is 20.8 Å². The summed E-state index contributed by atoms with van der Waals surface area (Å²) in [7, 11) is -1.27. The first-order valence-electron chi connectivity index (χ1n) is 12.6. The van der Waals surface area contributed by atoms with Gasteiger partial charge in [-0.05, 0) is 69.3 Å². The Morgan fingerprint density at radius 1 is 0.976 bits per heavy atom. The van der Waals surface area contributed by atoms with Crippen molar-refractivity contribution in [1.82, 2.24) is 9.99 Å². The maximum atomic E-state index is 13.8. The molecule has 9 nitrogen and oxygen atoms in total. The molecule has 4 aromatic rings. The number of nitrogens with one attached hydrogen (secondary N) is 1. The zero-order valence-electron chi connectivity index (χ0n) is 23.4. The fraction of sp³-hybridized carbons (Fsp3) is 0.200. The zero-order valence-corrected chi connectivity index (χ0v) is 25.8. The molecule has 0 unspecified atom stereocenters. The molecular weight excluding hydrogens is 608 g/mol. The van der Waals surface area contributed by atoms with Gasteiger partial charge in [-0.25, -0.2) is 13.8 Å². The maximum absolute atomic E-state index is 13.8. The normalized spacial score (nSPS) is 11.5. The molecule has 0 aliphatic carbocycles. The van der Waals surface area contributed by atoms with E-state index in [2.05, 4.69) is 31.0 Å². The van der Waals surface area contributed by atoms with Crippen molar-refractivity contribution in [3.8, 4) is 17.2 Å². The molecule has 0 radical (unpaired) electrons. The molecule has 41 heavy (non-hydrogen) atoms. The van der Waals surface area contributed by atoms with Crippen LogP contribution < -0.4 is 19.2 Å². The lowest BCUT2D eigenvalue weighted by Gasteiger charge is -2.24. The lowest BCUT2D eigenvalue weighted by molar-refractivity contribution is -0.119. The van der Waals surface area contributed by atoms with E-state index >= 15 is 0 Å². The number of amides is 1. The number of carbonyl (C=O) groups excluding carboxylic acids is 1. The maximum Gasteiger partial charge on any atom is 0.264 e. The van der Waals surface area contributed by atoms with Crippen molar-refractivity contribution >= 4 is 43.8 Å². The Morgan fingerprint density at radius 3 is 2.34 bits per heavy atom. The van der Waals surface area contributed by atoms with Gasteiger partial charge < -0.3 is 14.0 Å². The largest absolute Gasteiger partial charge is 0.493 e. The summed E-state index contributed by atoms with van der Waals surface area (Å²) in [4.78, 5) is 13.0. The summed E-state index contributed by atoms with van der Waals surface area (Å²) in [5.41, 5.74) is 7.51. The van der Waals surface area contributed by atoms with Crippen LogP contribution in [-0.2, 0) is 14.8 Å². The van der Waals surface area contributed by atoms with Crippen LogP contribution in [0.25, 0.3) is 5.69 Å². The average Bonchev–Trinajstić information content (AvgIpc) is 3.24. The molecule has 0 fully saturated rings. The van der Waals surface area contributed by atoms with Crippen LogP contribution >= 0.6 is 15.9 Å². The molecule has 0 saturated carbocycles. The van der Waals surface area contributed by atoms with E-state index in [0.29, 0.717) is 11.4 Å². The van der Waals surface area contributed by atoms with E-state index in [1.165, 1.54) is 32.4 Å². The Kier molecular flexibility index (Phi) is 9.19. The summed E-state index contributed by atoms with van der Waals surface area (Å²) in [6, 6.07) is 21.1. The number of nitrogens with zero attached hydrogens (tertiary/aromatic N) is 3. The number of halogens is 1. The second-order valence-corrected chi connectivity index (χ2v) is 12.1. The fourth-order valence-electron chi connectivity index (χ4n) is 4.40. The molecule has 11 heteroatoms. The zero-order chi connectivity index (χ0) is 29.7. The van der Waals surface area contributed by atoms with E-state index in [0.717, 1.165) is 37.0 Å². The Balaban J connectivity index is 1.58. The van der Waals surface area contributed by atoms with Crippen molar-refractivity contribution in [3.63, 3.8) is 0 Å². The van der Waals surface area contributed by atoms with Gasteiger partial charge in [0.2, 0.25) is 0 Å². The molecule has 0 atom stereocenters. The molecule has 0 bridgehead atoms. The van der Waals surface area contributed by atoms with Crippen molar-refractivity contribution in [1.29, 1.82) is 0 Å². The molecule has 1 aromatic heterocycles. The average molecular weight is 640 g/mol. The van der Waals surface area contributed by atoms with E-state index in [1.807, 2.05) is 51.1 Å². The lowest BCUT2D eigenvalue weighted by Crippen LogP contribution is -2.39. The summed E-state index contributed by atoms with van der Waals surface area (Å²) in [6.07, 6.45) is 1.55. The molecule has 0 aliphatic heterocycles. The van der Waals surface area contributed by atoms with Crippen molar-refractivity contribution < 1.29 is 22.7 Å². The number of rotatable bonds is 10. The van der Waals surface area contributed by atoms with E-state index in [1.54, 1.807) is 30.5 Å². The highest BCUT2D eigenvalue weighted by Crippen LogP contribution is 2.32. The summed E-state index contributed by atoms with van der Waals surface area (Å²) in [5.74, 6) is 0.0401. The first kappa shape index (κ1) is 29.9. The van der Waals surface area contributed by atoms with E-state index in [4.69, 9.17) is 9.47 Å². The third kappa shape index (κ3) is 6.63. The number of aromatic nitrogens is 1. The van der Waals surface area contributed by atoms with Gasteiger partial charge in [0, 0.05) is 33.2 Å². The van der Waals surface area contributed by atoms with Gasteiger partial charge in [0.05, 0.1) is 31.0 Å². The van der Waals surface area contributed by atoms with Crippen molar-refractivity contribution in [2.45, 2.75) is 25.7 Å². The first-order chi connectivity index (χ1) is 19.5. The summed E-state index contributed by atoms with van der Waals surface area (Å²) < 4.78 is 42.1. The van der Waals surface area contributed by atoms with E-state index < -0.39 is 22.5 Å². The third-order valence-corrected chi connectivity index (χ3v) is 8.74. The molecule has 4 rings (SSSR count). The number of anilines is 1. The smallest absolute Gasteiger partial charge is 0.264 e. The van der Waals surface area contributed by atoms with Crippen LogP contribution in [0.2, 0.25) is 0 Å². The van der Waals surface area contributed by atoms with Gasteiger partial charge in [-0.3, -0.25) is 9.10 Å². The standard InChI is InChI=1S/C30H31BrN4O5S/c1-20-9-11-25(12-10-20)34(41(37,38)27-13-14-28(39-4)29(17-27)40-5)19-30(36)33-32-18-23-15-21(2)35(22(23)3)26-8-6-7-24(31)16-26/h6-18H,19H2,1-5H3,(H,33,36)/b32-18-. The highest BCUT2D eigenvalue weighted by atomic mass is 79.9. The molecule has 214 valence electrons. The predicted molar refractivity (Wildman–Crippen MR) is 164 cm³/mol. The number of hydrazone groups is 1. The quantitative estimate of drug-likeness (QED) is 0.182. The second-order valence-electron chi connectivity index (χ2n) is 9.30. The number of aryl methyl sites for hydroxylation is 2. The number of methoxy groups -OCH3 is 2. The molecule has 0 spiro atoms. The first-order valence-corrected chi connectivity index (χ1v) is 14.9. The van der Waals surface area contributed by atoms with Crippen LogP contribution in [0.3, 0.4) is 0 Å². The van der Waals surface area contributed by atoms with Crippen LogP contribution in [0.1, 0.15) is 22.5 Å². The van der Waals surface area contributed by atoms with Crippen molar-refractivity contribution in [2.24, 2.45) is 5.10 Å². The Hall–Kier alpha value is -4.09. The molecule has 1 N–H and O–H groups in total. The highest BCUT2D eigenvalue weighted by Gasteiger charge is 2.28.